The van der Waals surface area contributed by atoms with Crippen LogP contribution in [0.15, 0.2) is 0 Å². The van der Waals surface area contributed by atoms with Crippen LogP contribution < -0.4 is 51.4 Å². The maximum Gasteiger partial charge on any atom is 3.00 e. The molecule has 56 valence electrons. The fraction of sp³-hybridized carbons (Fsp3) is 0. The molecular formula is AlKNO7S+. The predicted octanol–water partition coefficient (Wildman–Crippen LogP) is -4.95. The molecule has 11 heteroatoms. The number of rotatable bonds is 0. The van der Waals surface area contributed by atoms with Gasteiger partial charge in [-0.05, 0) is 0 Å². The van der Waals surface area contributed by atoms with Crippen LogP contribution in [0.25, 0.3) is 0 Å². The van der Waals surface area contributed by atoms with Gasteiger partial charge in [-0.3, -0.25) is 8.42 Å². The molecule has 0 spiro atoms. The van der Waals surface area contributed by atoms with Crippen molar-refractivity contribution >= 4 is 27.8 Å². The van der Waals surface area contributed by atoms with Crippen molar-refractivity contribution in [1.29, 1.82) is 0 Å². The Morgan fingerprint density at radius 2 is 1.09 bits per heavy atom. The van der Waals surface area contributed by atoms with Gasteiger partial charge in [0.1, 0.15) is 0 Å². The molecule has 0 N–H and O–H groups in total. The monoisotopic (exact) mass is 224 g/mol. The van der Waals surface area contributed by atoms with Crippen LogP contribution in [0, 0.1) is 15.3 Å². The first-order chi connectivity index (χ1) is 3.73. The van der Waals surface area contributed by atoms with Crippen LogP contribution in [0.5, 0.6) is 0 Å². The van der Waals surface area contributed by atoms with Crippen LogP contribution in [0.3, 0.4) is 0 Å². The van der Waals surface area contributed by atoms with Crippen LogP contribution >= 0.6 is 0 Å². The van der Waals surface area contributed by atoms with Gasteiger partial charge in [0.25, 0.3) is 0 Å². The number of nitrogens with zero attached hydrogens (tertiary/aromatic N) is 1. The molecule has 0 rings (SSSR count). The Balaban J connectivity index is -0.0000000383. The topological polar surface area (TPSA) is 146 Å². The quantitative estimate of drug-likeness (QED) is 0.131. The van der Waals surface area contributed by atoms with Crippen LogP contribution in [-0.4, -0.2) is 40.0 Å². The van der Waals surface area contributed by atoms with Gasteiger partial charge in [0.15, 0.2) is 0 Å². The van der Waals surface area contributed by atoms with Crippen molar-refractivity contribution in [3.63, 3.8) is 0 Å². The molecule has 0 aliphatic heterocycles. The van der Waals surface area contributed by atoms with Gasteiger partial charge in [-0.2, -0.15) is 0 Å². The van der Waals surface area contributed by atoms with E-state index >= 15 is 0 Å². The van der Waals surface area contributed by atoms with Gasteiger partial charge < -0.3 is 24.4 Å². The maximum absolute atomic E-state index is 8.52. The van der Waals surface area contributed by atoms with E-state index in [2.05, 4.69) is 0 Å². The third kappa shape index (κ3) is 625. The van der Waals surface area contributed by atoms with Gasteiger partial charge in [-0.25, -0.2) is 0 Å². The second-order valence-electron chi connectivity index (χ2n) is 0.632. The van der Waals surface area contributed by atoms with Gasteiger partial charge in [-0.1, -0.05) is 0 Å². The van der Waals surface area contributed by atoms with Gasteiger partial charge in [0, 0.05) is 10.4 Å². The second kappa shape index (κ2) is 11.2. The minimum Gasteiger partial charge on any atom is -0.759 e. The molecule has 0 atom stereocenters. The molecule has 0 radical (unpaired) electrons. The first-order valence-corrected chi connectivity index (χ1v) is 2.55. The third-order valence-electron chi connectivity index (χ3n) is 0. The van der Waals surface area contributed by atoms with E-state index in [1.807, 2.05) is 0 Å². The van der Waals surface area contributed by atoms with Crippen LogP contribution in [0.1, 0.15) is 0 Å². The Labute approximate surface area is 115 Å². The number of hydrogen-bond acceptors (Lipinski definition) is 7. The molecule has 0 amide bonds. The molecule has 0 aliphatic carbocycles. The Bertz CT molecular complexity index is 161. The van der Waals surface area contributed by atoms with Crippen molar-refractivity contribution in [3.8, 4) is 0 Å². The van der Waals surface area contributed by atoms with Crippen LogP contribution in [0.2, 0.25) is 0 Å². The Kier molecular flexibility index (Phi) is 23.3. The molecule has 8 nitrogen and oxygen atoms in total. The van der Waals surface area contributed by atoms with E-state index in [4.69, 9.17) is 32.8 Å². The van der Waals surface area contributed by atoms with Gasteiger partial charge in [0.05, 0.1) is 5.09 Å². The minimum absolute atomic E-state index is 0. The van der Waals surface area contributed by atoms with E-state index in [1.54, 1.807) is 0 Å². The van der Waals surface area contributed by atoms with Crippen molar-refractivity contribution < 1.29 is 74.0 Å². The first-order valence-electron chi connectivity index (χ1n) is 1.21. The van der Waals surface area contributed by atoms with E-state index in [0.29, 0.717) is 0 Å². The molecule has 0 bridgehead atoms. The zero-order chi connectivity index (χ0) is 8.08. The summed E-state index contributed by atoms with van der Waals surface area (Å²) in [4.78, 5) is 8.25. The standard InChI is InChI=1S/Al.K.NO3.H2O4S/c;;2-1(3)4;1-5(2,3)4/h;;;(H2,1,2,3,4)/q+3;+1;-1;/p-2. The summed E-state index contributed by atoms with van der Waals surface area (Å²) in [7, 11) is -5.17. The molecule has 11 heavy (non-hydrogen) atoms. The summed E-state index contributed by atoms with van der Waals surface area (Å²) in [6.45, 7) is 0. The predicted molar refractivity (Wildman–Crippen MR) is 26.6 cm³/mol. The van der Waals surface area contributed by atoms with Crippen LogP contribution in [0.4, 0.5) is 0 Å². The SMILES string of the molecule is O=S(=O)([O-])[O-].O=[N+]([O-])[O-].[Al+3].[K+]. The summed E-state index contributed by atoms with van der Waals surface area (Å²) >= 11 is 0. The molecule has 0 aromatic heterocycles. The molecule has 0 aromatic carbocycles. The fourth-order valence-electron chi connectivity index (χ4n) is 0. The Morgan fingerprint density at radius 1 is 1.09 bits per heavy atom. The molecule has 0 fully saturated rings. The molecule has 0 saturated carbocycles. The van der Waals surface area contributed by atoms with E-state index in [0.717, 1.165) is 0 Å². The summed E-state index contributed by atoms with van der Waals surface area (Å²) < 4.78 is 34.1. The van der Waals surface area contributed by atoms with Crippen molar-refractivity contribution in [2.75, 3.05) is 0 Å². The van der Waals surface area contributed by atoms with Gasteiger partial charge in [0.2, 0.25) is 0 Å². The average Bonchev–Trinajstić information content (AvgIpc) is 1.19. The number of hydrogen-bond donors (Lipinski definition) is 0. The van der Waals surface area contributed by atoms with E-state index in [1.165, 1.54) is 0 Å². The molecule has 0 heterocycles. The van der Waals surface area contributed by atoms with Crippen LogP contribution in [-0.2, 0) is 10.4 Å². The molecular weight excluding hydrogens is 224 g/mol. The minimum atomic E-state index is -5.17. The van der Waals surface area contributed by atoms with Crippen molar-refractivity contribution in [2.45, 2.75) is 0 Å². The van der Waals surface area contributed by atoms with Crippen molar-refractivity contribution in [1.82, 2.24) is 0 Å². The third-order valence-corrected chi connectivity index (χ3v) is 0. The van der Waals surface area contributed by atoms with Crippen molar-refractivity contribution in [2.24, 2.45) is 0 Å². The summed E-state index contributed by atoms with van der Waals surface area (Å²) in [6, 6.07) is 0. The summed E-state index contributed by atoms with van der Waals surface area (Å²) in [5.41, 5.74) is 0. The second-order valence-corrected chi connectivity index (χ2v) is 1.45. The smallest absolute Gasteiger partial charge is 0.759 e. The molecule has 0 aromatic rings. The van der Waals surface area contributed by atoms with E-state index in [9.17, 15) is 0 Å². The fourth-order valence-corrected chi connectivity index (χ4v) is 0. The Hall–Kier alpha value is 1.24. The Morgan fingerprint density at radius 3 is 1.09 bits per heavy atom. The normalized spacial score (nSPS) is 7.45. The zero-order valence-electron chi connectivity index (χ0n) is 5.29. The average molecular weight is 224 g/mol. The zero-order valence-corrected chi connectivity index (χ0v) is 10.4. The van der Waals surface area contributed by atoms with Crippen molar-refractivity contribution in [3.05, 3.63) is 15.3 Å². The molecule has 0 aliphatic rings. The van der Waals surface area contributed by atoms with Gasteiger partial charge in [-0.15, -0.1) is 0 Å². The van der Waals surface area contributed by atoms with E-state index in [-0.39, 0.29) is 68.7 Å². The summed E-state index contributed by atoms with van der Waals surface area (Å²) in [5.74, 6) is 0. The largest absolute Gasteiger partial charge is 3.00 e. The summed E-state index contributed by atoms with van der Waals surface area (Å²) in [5, 5.41) is 14.8. The molecule has 0 unspecified atom stereocenters. The summed E-state index contributed by atoms with van der Waals surface area (Å²) in [6.07, 6.45) is 0. The van der Waals surface area contributed by atoms with Gasteiger partial charge >= 0.3 is 68.7 Å². The van der Waals surface area contributed by atoms with E-state index < -0.39 is 15.5 Å². The molecule has 0 saturated heterocycles. The maximum atomic E-state index is 8.52. The first kappa shape index (κ1) is 22.8.